The van der Waals surface area contributed by atoms with Crippen molar-refractivity contribution < 1.29 is 9.47 Å². The highest BCUT2D eigenvalue weighted by Gasteiger charge is 2.20. The summed E-state index contributed by atoms with van der Waals surface area (Å²) in [7, 11) is 0. The van der Waals surface area contributed by atoms with Crippen molar-refractivity contribution in [2.45, 2.75) is 58.2 Å². The van der Waals surface area contributed by atoms with Gasteiger partial charge in [0.25, 0.3) is 0 Å². The number of piperidine rings is 2. The van der Waals surface area contributed by atoms with Crippen LogP contribution in [-0.2, 0) is 6.54 Å². The maximum Gasteiger partial charge on any atom is 0.222 e. The molecule has 0 atom stereocenters. The number of aromatic nitrogens is 4. The van der Waals surface area contributed by atoms with Crippen LogP contribution in [0, 0.1) is 0 Å². The van der Waals surface area contributed by atoms with Crippen LogP contribution in [0.25, 0.3) is 22.3 Å². The van der Waals surface area contributed by atoms with Crippen molar-refractivity contribution in [2.24, 2.45) is 0 Å². The summed E-state index contributed by atoms with van der Waals surface area (Å²) in [5.74, 6) is 3.18. The second-order valence-electron chi connectivity index (χ2n) is 12.9. The smallest absolute Gasteiger partial charge is 0.222 e. The third-order valence-electron chi connectivity index (χ3n) is 9.08. The molecule has 10 heteroatoms. The largest absolute Gasteiger partial charge is 0.494 e. The van der Waals surface area contributed by atoms with E-state index in [4.69, 9.17) is 9.47 Å². The molecule has 2 fully saturated rings. The van der Waals surface area contributed by atoms with Gasteiger partial charge in [0.1, 0.15) is 11.5 Å². The van der Waals surface area contributed by atoms with Crippen LogP contribution in [-0.4, -0.2) is 76.3 Å². The Labute approximate surface area is 302 Å². The molecule has 0 amide bonds. The van der Waals surface area contributed by atoms with Gasteiger partial charge in [-0.2, -0.15) is 0 Å². The number of nitrogens with zero attached hydrogens (tertiary/aromatic N) is 5. The zero-order valence-electron chi connectivity index (χ0n) is 29.8. The van der Waals surface area contributed by atoms with Gasteiger partial charge in [0.2, 0.25) is 11.9 Å². The molecule has 0 spiro atoms. The van der Waals surface area contributed by atoms with Crippen LogP contribution in [0.3, 0.4) is 0 Å². The zero-order valence-corrected chi connectivity index (χ0v) is 29.8. The number of anilines is 2. The van der Waals surface area contributed by atoms with Crippen molar-refractivity contribution >= 4 is 11.9 Å². The van der Waals surface area contributed by atoms with Gasteiger partial charge in [0, 0.05) is 73.7 Å². The molecule has 7 rings (SSSR count). The molecule has 2 aromatic heterocycles. The molecule has 5 aromatic rings. The Hall–Kier alpha value is -5.06. The zero-order chi connectivity index (χ0) is 35.1. The fourth-order valence-corrected chi connectivity index (χ4v) is 6.41. The minimum atomic E-state index is 0.391. The lowest BCUT2D eigenvalue weighted by Crippen LogP contribution is -2.39. The van der Waals surface area contributed by atoms with E-state index in [1.807, 2.05) is 81.1 Å². The first-order valence-corrected chi connectivity index (χ1v) is 18.3. The predicted octanol–water partition coefficient (Wildman–Crippen LogP) is 7.33. The molecular weight excluding hydrogens is 637 g/mol. The van der Waals surface area contributed by atoms with E-state index in [-0.39, 0.29) is 0 Å². The molecule has 2 aliphatic rings. The molecule has 0 unspecified atom stereocenters. The molecule has 4 heterocycles. The summed E-state index contributed by atoms with van der Waals surface area (Å²) in [6.07, 6.45) is 11.9. The Morgan fingerprint density at radius 2 is 1.06 bits per heavy atom. The molecule has 2 saturated heterocycles. The van der Waals surface area contributed by atoms with E-state index in [0.717, 1.165) is 98.1 Å². The summed E-state index contributed by atoms with van der Waals surface area (Å²) in [4.78, 5) is 20.4. The van der Waals surface area contributed by atoms with E-state index in [1.165, 1.54) is 5.56 Å². The van der Waals surface area contributed by atoms with Gasteiger partial charge < -0.3 is 25.4 Å². The SMILES string of the molecule is CCOc1cc(CN2CCC(Nc3ncc(-c4ccccc4)cn3)CC2)cc(OCC)c1.c1ccc(-c2cnc(NC3CCNCC3)nc2)cc1. The molecule has 3 aromatic carbocycles. The second-order valence-corrected chi connectivity index (χ2v) is 12.9. The first kappa shape index (κ1) is 35.8. The molecule has 0 aliphatic carbocycles. The summed E-state index contributed by atoms with van der Waals surface area (Å²) >= 11 is 0. The van der Waals surface area contributed by atoms with E-state index in [2.05, 4.69) is 77.2 Å². The number of nitrogens with one attached hydrogen (secondary N) is 3. The van der Waals surface area contributed by atoms with E-state index in [0.29, 0.717) is 31.2 Å². The fraction of sp³-hybridized carbons (Fsp3) is 0.366. The Kier molecular flexibility index (Phi) is 13.2. The third kappa shape index (κ3) is 11.0. The van der Waals surface area contributed by atoms with Gasteiger partial charge in [-0.15, -0.1) is 0 Å². The maximum absolute atomic E-state index is 5.72. The normalized spacial score (nSPS) is 15.3. The van der Waals surface area contributed by atoms with Gasteiger partial charge in [-0.1, -0.05) is 60.7 Å². The predicted molar refractivity (Wildman–Crippen MR) is 205 cm³/mol. The van der Waals surface area contributed by atoms with E-state index < -0.39 is 0 Å². The van der Waals surface area contributed by atoms with E-state index >= 15 is 0 Å². The summed E-state index contributed by atoms with van der Waals surface area (Å²) in [5, 5.41) is 10.3. The summed E-state index contributed by atoms with van der Waals surface area (Å²) in [6.45, 7) is 10.4. The van der Waals surface area contributed by atoms with Crippen molar-refractivity contribution in [3.05, 3.63) is 109 Å². The highest BCUT2D eigenvalue weighted by Crippen LogP contribution is 2.26. The first-order chi connectivity index (χ1) is 25.1. The topological polar surface area (TPSA) is 109 Å². The first-order valence-electron chi connectivity index (χ1n) is 18.3. The molecule has 0 saturated carbocycles. The highest BCUT2D eigenvalue weighted by molar-refractivity contribution is 5.62. The summed E-state index contributed by atoms with van der Waals surface area (Å²) < 4.78 is 11.4. The van der Waals surface area contributed by atoms with Crippen LogP contribution in [0.15, 0.2) is 104 Å². The molecule has 266 valence electrons. The van der Waals surface area contributed by atoms with Gasteiger partial charge in [0.15, 0.2) is 0 Å². The second kappa shape index (κ2) is 18.8. The van der Waals surface area contributed by atoms with Crippen molar-refractivity contribution in [3.63, 3.8) is 0 Å². The highest BCUT2D eigenvalue weighted by atomic mass is 16.5. The Balaban J connectivity index is 0.000000200. The Morgan fingerprint density at radius 1 is 0.608 bits per heavy atom. The Bertz CT molecular complexity index is 1700. The van der Waals surface area contributed by atoms with Crippen LogP contribution in [0.2, 0.25) is 0 Å². The number of likely N-dealkylation sites (tertiary alicyclic amines) is 1. The average molecular weight is 687 g/mol. The van der Waals surface area contributed by atoms with E-state index in [1.54, 1.807) is 0 Å². The van der Waals surface area contributed by atoms with Crippen molar-refractivity contribution in [1.29, 1.82) is 0 Å². The Morgan fingerprint density at radius 3 is 1.51 bits per heavy atom. The number of rotatable bonds is 12. The minimum Gasteiger partial charge on any atom is -0.494 e. The number of benzene rings is 3. The lowest BCUT2D eigenvalue weighted by Gasteiger charge is -2.32. The van der Waals surface area contributed by atoms with Crippen LogP contribution in [0.4, 0.5) is 11.9 Å². The molecular formula is C41H50N8O2. The van der Waals surface area contributed by atoms with E-state index in [9.17, 15) is 0 Å². The molecule has 2 aliphatic heterocycles. The quantitative estimate of drug-likeness (QED) is 0.124. The van der Waals surface area contributed by atoms with Gasteiger partial charge in [-0.3, -0.25) is 4.90 Å². The summed E-state index contributed by atoms with van der Waals surface area (Å²) in [6, 6.07) is 27.5. The maximum atomic E-state index is 5.72. The standard InChI is InChI=1S/C26H32N4O2.C15H18N4/c1-3-31-24-14-20(15-25(16-24)32-4-2)19-30-12-10-23(11-13-30)29-26-27-17-22(18-28-26)21-8-6-5-7-9-21;1-2-4-12(5-3-1)13-10-17-15(18-11-13)19-14-6-8-16-9-7-14/h5-9,14-18,23H,3-4,10-13,19H2,1-2H3,(H,27,28,29);1-5,10-11,14,16H,6-9H2,(H,17,18,19). The number of hydrogen-bond acceptors (Lipinski definition) is 10. The molecule has 51 heavy (non-hydrogen) atoms. The van der Waals surface area contributed by atoms with Crippen molar-refractivity contribution in [3.8, 4) is 33.8 Å². The van der Waals surface area contributed by atoms with Gasteiger partial charge in [-0.25, -0.2) is 19.9 Å². The molecule has 0 radical (unpaired) electrons. The van der Waals surface area contributed by atoms with Gasteiger partial charge in [-0.05, 0) is 81.4 Å². The molecule has 0 bridgehead atoms. The number of hydrogen-bond donors (Lipinski definition) is 3. The fourth-order valence-electron chi connectivity index (χ4n) is 6.41. The molecule has 10 nitrogen and oxygen atoms in total. The third-order valence-corrected chi connectivity index (χ3v) is 9.08. The average Bonchev–Trinajstić information content (AvgIpc) is 3.18. The van der Waals surface area contributed by atoms with Gasteiger partial charge in [0.05, 0.1) is 13.2 Å². The summed E-state index contributed by atoms with van der Waals surface area (Å²) in [5.41, 5.74) is 5.60. The minimum absolute atomic E-state index is 0.391. The van der Waals surface area contributed by atoms with Crippen LogP contribution in [0.5, 0.6) is 11.5 Å². The lowest BCUT2D eigenvalue weighted by molar-refractivity contribution is 0.210. The number of ether oxygens (including phenoxy) is 2. The molecule has 3 N–H and O–H groups in total. The van der Waals surface area contributed by atoms with Crippen LogP contribution in [0.1, 0.15) is 45.1 Å². The lowest BCUT2D eigenvalue weighted by atomic mass is 10.0. The van der Waals surface area contributed by atoms with Crippen LogP contribution < -0.4 is 25.4 Å². The van der Waals surface area contributed by atoms with Crippen molar-refractivity contribution in [2.75, 3.05) is 50.0 Å². The van der Waals surface area contributed by atoms with Crippen LogP contribution >= 0.6 is 0 Å². The van der Waals surface area contributed by atoms with Crippen molar-refractivity contribution in [1.82, 2.24) is 30.2 Å². The monoisotopic (exact) mass is 686 g/mol. The van der Waals surface area contributed by atoms with Gasteiger partial charge >= 0.3 is 0 Å².